The first-order valence-electron chi connectivity index (χ1n) is 11.2. The van der Waals surface area contributed by atoms with E-state index in [1.165, 1.54) is 19.6 Å². The van der Waals surface area contributed by atoms with Gasteiger partial charge in [0, 0.05) is 0 Å². The van der Waals surface area contributed by atoms with E-state index >= 15 is 0 Å². The number of ether oxygens (including phenoxy) is 2. The maximum atomic E-state index is 13.9. The number of benzene rings is 1. The highest BCUT2D eigenvalue weighted by Crippen LogP contribution is 2.52. The molecule has 1 aromatic carbocycles. The van der Waals surface area contributed by atoms with E-state index < -0.39 is 37.0 Å². The van der Waals surface area contributed by atoms with Crippen LogP contribution in [0.3, 0.4) is 0 Å². The fourth-order valence-electron chi connectivity index (χ4n) is 3.68. The lowest BCUT2D eigenvalue weighted by atomic mass is 10.1. The Hall–Kier alpha value is -2.76. The molecule has 194 valence electrons. The van der Waals surface area contributed by atoms with Crippen LogP contribution in [0.15, 0.2) is 43.0 Å². The molecule has 1 saturated heterocycles. The van der Waals surface area contributed by atoms with Gasteiger partial charge in [0.15, 0.2) is 17.7 Å². The van der Waals surface area contributed by atoms with Gasteiger partial charge in [-0.3, -0.25) is 13.9 Å². The molecule has 4 rings (SSSR count). The maximum Gasteiger partial charge on any atom is 0.459 e. The summed E-state index contributed by atoms with van der Waals surface area (Å²) < 4.78 is 38.4. The molecule has 1 fully saturated rings. The minimum absolute atomic E-state index is 0.0282. The third-order valence-electron chi connectivity index (χ3n) is 5.45. The lowest BCUT2D eigenvalue weighted by Crippen LogP contribution is -2.41. The number of aromatic nitrogens is 4. The van der Waals surface area contributed by atoms with E-state index in [1.54, 1.807) is 55.7 Å². The molecule has 0 amide bonds. The molecule has 3 N–H and O–H groups in total. The number of esters is 1. The monoisotopic (exact) mass is 538 g/mol. The standard InChI is InChI=1S/C22H28ClN6O6P/c1-13(2)33-20(30)14(3)28-36(31,34-15-8-6-5-7-9-15)35-16-10-32-21(22(16,4)23)29-12-27-17-18(24)25-11-26-19(17)29/h5-9,11-14,16,21H,10H2,1-4H3,(H,28,31)(H2,24,25,26)/t14-,16+,21+,22+,36?/m0/s1. The summed E-state index contributed by atoms with van der Waals surface area (Å²) in [6, 6.07) is 7.45. The molecule has 5 atom stereocenters. The van der Waals surface area contributed by atoms with E-state index in [1.807, 2.05) is 0 Å². The van der Waals surface area contributed by atoms with Crippen molar-refractivity contribution in [3.8, 4) is 5.75 Å². The summed E-state index contributed by atoms with van der Waals surface area (Å²) in [5.74, 6) is -0.118. The average molecular weight is 539 g/mol. The summed E-state index contributed by atoms with van der Waals surface area (Å²) in [7, 11) is -4.17. The van der Waals surface area contributed by atoms with Gasteiger partial charge in [-0.25, -0.2) is 19.5 Å². The third kappa shape index (κ3) is 5.47. The summed E-state index contributed by atoms with van der Waals surface area (Å²) in [5, 5.41) is 2.66. The predicted octanol–water partition coefficient (Wildman–Crippen LogP) is 3.44. The molecular formula is C22H28ClN6O6P. The molecule has 2 aromatic heterocycles. The number of hydrogen-bond acceptors (Lipinski definition) is 10. The predicted molar refractivity (Wildman–Crippen MR) is 132 cm³/mol. The number of para-hydroxylation sites is 1. The van der Waals surface area contributed by atoms with Gasteiger partial charge >= 0.3 is 13.7 Å². The van der Waals surface area contributed by atoms with Crippen LogP contribution in [0.1, 0.15) is 33.9 Å². The Bertz CT molecular complexity index is 1270. The molecule has 0 spiro atoms. The zero-order valence-electron chi connectivity index (χ0n) is 20.2. The first-order chi connectivity index (χ1) is 17.0. The first kappa shape index (κ1) is 26.3. The fraction of sp³-hybridized carbons (Fsp3) is 0.455. The average Bonchev–Trinajstić information content (AvgIpc) is 3.35. The van der Waals surface area contributed by atoms with Gasteiger partial charge < -0.3 is 19.7 Å². The topological polar surface area (TPSA) is 153 Å². The number of nitrogens with one attached hydrogen (secondary N) is 1. The van der Waals surface area contributed by atoms with Gasteiger partial charge in [0.05, 0.1) is 19.0 Å². The van der Waals surface area contributed by atoms with E-state index in [9.17, 15) is 9.36 Å². The van der Waals surface area contributed by atoms with Crippen molar-refractivity contribution in [3.63, 3.8) is 0 Å². The van der Waals surface area contributed by atoms with Crippen molar-refractivity contribution in [2.24, 2.45) is 0 Å². The van der Waals surface area contributed by atoms with Crippen LogP contribution < -0.4 is 15.3 Å². The quantitative estimate of drug-likeness (QED) is 0.234. The summed E-state index contributed by atoms with van der Waals surface area (Å²) in [4.78, 5) is 23.6. The highest BCUT2D eigenvalue weighted by atomic mass is 35.5. The minimum atomic E-state index is -4.17. The number of nitrogens with zero attached hydrogens (tertiary/aromatic N) is 4. The molecule has 1 unspecified atom stereocenters. The molecular weight excluding hydrogens is 511 g/mol. The summed E-state index contributed by atoms with van der Waals surface area (Å²) >= 11 is 6.94. The van der Waals surface area contributed by atoms with Gasteiger partial charge in [-0.2, -0.15) is 5.09 Å². The molecule has 14 heteroatoms. The number of halogens is 1. The lowest BCUT2D eigenvalue weighted by molar-refractivity contribution is -0.149. The number of hydrogen-bond donors (Lipinski definition) is 2. The van der Waals surface area contributed by atoms with Gasteiger partial charge in [0.2, 0.25) is 0 Å². The van der Waals surface area contributed by atoms with Gasteiger partial charge in [-0.15, -0.1) is 11.6 Å². The van der Waals surface area contributed by atoms with Crippen molar-refractivity contribution in [3.05, 3.63) is 43.0 Å². The van der Waals surface area contributed by atoms with E-state index in [4.69, 9.17) is 35.9 Å². The SMILES string of the molecule is CC(C)OC(=O)[C@H](C)NP(=O)(Oc1ccccc1)O[C@@H]1CO[C@@H](n2cnc3c(N)ncnc32)[C@]1(C)Cl. The van der Waals surface area contributed by atoms with Crippen LogP contribution >= 0.6 is 19.3 Å². The second-order valence-electron chi connectivity index (χ2n) is 8.75. The Morgan fingerprint density at radius 2 is 2.00 bits per heavy atom. The van der Waals surface area contributed by atoms with Crippen LogP contribution in [0.25, 0.3) is 11.2 Å². The normalized spacial score (nSPS) is 24.5. The van der Waals surface area contributed by atoms with Crippen molar-refractivity contribution in [1.29, 1.82) is 0 Å². The van der Waals surface area contributed by atoms with Crippen LogP contribution in [0.4, 0.5) is 5.82 Å². The van der Waals surface area contributed by atoms with Crippen LogP contribution in [0.2, 0.25) is 0 Å². The number of nitrogen functional groups attached to an aromatic ring is 1. The molecule has 12 nitrogen and oxygen atoms in total. The lowest BCUT2D eigenvalue weighted by Gasteiger charge is -2.31. The van der Waals surface area contributed by atoms with Crippen molar-refractivity contribution >= 4 is 42.3 Å². The Balaban J connectivity index is 1.59. The summed E-state index contributed by atoms with van der Waals surface area (Å²) in [5.41, 5.74) is 6.72. The maximum absolute atomic E-state index is 13.9. The largest absolute Gasteiger partial charge is 0.462 e. The Morgan fingerprint density at radius 1 is 1.28 bits per heavy atom. The number of imidazole rings is 1. The van der Waals surface area contributed by atoms with Crippen LogP contribution in [-0.2, 0) is 23.4 Å². The van der Waals surface area contributed by atoms with Crippen molar-refractivity contribution in [2.45, 2.75) is 57.0 Å². The number of anilines is 1. The Labute approximate surface area is 213 Å². The van der Waals surface area contributed by atoms with Crippen LogP contribution in [-0.4, -0.2) is 55.2 Å². The molecule has 0 bridgehead atoms. The number of carbonyl (C=O) groups excluding carboxylic acids is 1. The Kier molecular flexibility index (Phi) is 7.53. The summed E-state index contributed by atoms with van der Waals surface area (Å²) in [6.45, 7) is 6.59. The zero-order valence-corrected chi connectivity index (χ0v) is 21.8. The molecule has 3 aromatic rings. The highest BCUT2D eigenvalue weighted by Gasteiger charge is 2.53. The van der Waals surface area contributed by atoms with Gasteiger partial charge in [0.25, 0.3) is 0 Å². The van der Waals surface area contributed by atoms with E-state index in [0.717, 1.165) is 0 Å². The number of alkyl halides is 1. The van der Waals surface area contributed by atoms with E-state index in [2.05, 4.69) is 20.0 Å². The van der Waals surface area contributed by atoms with Gasteiger partial charge in [0.1, 0.15) is 34.6 Å². The molecule has 0 radical (unpaired) electrons. The van der Waals surface area contributed by atoms with Crippen molar-refractivity contribution < 1.29 is 27.9 Å². The second-order valence-corrected chi connectivity index (χ2v) is 11.2. The zero-order chi connectivity index (χ0) is 26.1. The number of fused-ring (bicyclic) bond motifs is 1. The van der Waals surface area contributed by atoms with Gasteiger partial charge in [-0.05, 0) is 39.8 Å². The molecule has 0 saturated carbocycles. The number of nitrogens with two attached hydrogens (primary N) is 1. The molecule has 1 aliphatic heterocycles. The minimum Gasteiger partial charge on any atom is -0.462 e. The van der Waals surface area contributed by atoms with Crippen molar-refractivity contribution in [1.82, 2.24) is 24.6 Å². The smallest absolute Gasteiger partial charge is 0.459 e. The van der Waals surface area contributed by atoms with Gasteiger partial charge in [-0.1, -0.05) is 18.2 Å². The summed E-state index contributed by atoms with van der Waals surface area (Å²) in [6.07, 6.45) is 0.739. The number of carbonyl (C=O) groups is 1. The fourth-order valence-corrected chi connectivity index (χ4v) is 5.77. The highest BCUT2D eigenvalue weighted by molar-refractivity contribution is 7.52. The molecule has 3 heterocycles. The van der Waals surface area contributed by atoms with Crippen molar-refractivity contribution in [2.75, 3.05) is 12.3 Å². The Morgan fingerprint density at radius 3 is 2.69 bits per heavy atom. The van der Waals surface area contributed by atoms with E-state index in [-0.39, 0.29) is 24.3 Å². The molecule has 0 aliphatic carbocycles. The molecule has 1 aliphatic rings. The third-order valence-corrected chi connectivity index (χ3v) is 7.57. The van der Waals surface area contributed by atoms with E-state index in [0.29, 0.717) is 11.2 Å². The van der Waals surface area contributed by atoms with Crippen LogP contribution in [0, 0.1) is 0 Å². The number of rotatable bonds is 9. The molecule has 36 heavy (non-hydrogen) atoms. The second kappa shape index (κ2) is 10.3. The van der Waals surface area contributed by atoms with Crippen LogP contribution in [0.5, 0.6) is 5.75 Å². The first-order valence-corrected chi connectivity index (χ1v) is 13.2.